The maximum Gasteiger partial charge on any atom is 0.306 e. The van der Waals surface area contributed by atoms with Crippen molar-refractivity contribution in [1.29, 1.82) is 0 Å². The molecule has 0 aromatic heterocycles. The summed E-state index contributed by atoms with van der Waals surface area (Å²) in [6.07, 6.45) is 62.5. The number of carbonyl (C=O) groups is 3. The van der Waals surface area contributed by atoms with E-state index in [1.807, 2.05) is 24.3 Å². The monoisotopic (exact) mass is 833 g/mol. The lowest BCUT2D eigenvalue weighted by molar-refractivity contribution is -0.167. The summed E-state index contributed by atoms with van der Waals surface area (Å²) in [7, 11) is 0. The molecule has 6 nitrogen and oxygen atoms in total. The largest absolute Gasteiger partial charge is 0.462 e. The molecule has 1 unspecified atom stereocenters. The number of hydrogen-bond acceptors (Lipinski definition) is 6. The molecule has 0 N–H and O–H groups in total. The van der Waals surface area contributed by atoms with Gasteiger partial charge in [0, 0.05) is 19.3 Å². The summed E-state index contributed by atoms with van der Waals surface area (Å²) in [4.78, 5) is 37.9. The molecular weight excluding hydrogens is 745 g/mol. The van der Waals surface area contributed by atoms with E-state index in [0.717, 1.165) is 103 Å². The molecule has 0 saturated carbocycles. The summed E-state index contributed by atoms with van der Waals surface area (Å²) in [6.45, 7) is 6.29. The Morgan fingerprint density at radius 3 is 1.27 bits per heavy atom. The van der Waals surface area contributed by atoms with Crippen molar-refractivity contribution in [2.75, 3.05) is 13.2 Å². The predicted octanol–water partition coefficient (Wildman–Crippen LogP) is 15.8. The van der Waals surface area contributed by atoms with Gasteiger partial charge in [-0.05, 0) is 96.3 Å². The number of ether oxygens (including phenoxy) is 3. The number of esters is 3. The second kappa shape index (κ2) is 48.0. The first-order valence-corrected chi connectivity index (χ1v) is 24.3. The van der Waals surface area contributed by atoms with Crippen LogP contribution in [0, 0.1) is 0 Å². The van der Waals surface area contributed by atoms with Crippen molar-refractivity contribution in [1.82, 2.24) is 0 Å². The average molecular weight is 833 g/mol. The topological polar surface area (TPSA) is 78.9 Å². The van der Waals surface area contributed by atoms with Crippen LogP contribution in [-0.4, -0.2) is 37.2 Å². The first-order valence-electron chi connectivity index (χ1n) is 24.3. The average Bonchev–Trinajstić information content (AvgIpc) is 3.24. The van der Waals surface area contributed by atoms with Crippen LogP contribution in [0.1, 0.15) is 207 Å². The van der Waals surface area contributed by atoms with E-state index in [0.29, 0.717) is 19.3 Å². The fourth-order valence-electron chi connectivity index (χ4n) is 6.28. The first-order chi connectivity index (χ1) is 29.5. The van der Waals surface area contributed by atoms with Gasteiger partial charge in [0.25, 0.3) is 0 Å². The molecule has 0 aliphatic rings. The van der Waals surface area contributed by atoms with Gasteiger partial charge in [0.05, 0.1) is 0 Å². The summed E-state index contributed by atoms with van der Waals surface area (Å²) in [5.74, 6) is -0.978. The fraction of sp³-hybridized carbons (Fsp3) is 0.648. The van der Waals surface area contributed by atoms with Crippen molar-refractivity contribution in [2.24, 2.45) is 0 Å². The van der Waals surface area contributed by atoms with Crippen molar-refractivity contribution in [2.45, 2.75) is 213 Å². The number of carbonyl (C=O) groups excluding carboxylic acids is 3. The molecule has 0 radical (unpaired) electrons. The van der Waals surface area contributed by atoms with Gasteiger partial charge >= 0.3 is 17.9 Å². The van der Waals surface area contributed by atoms with Crippen LogP contribution in [0.4, 0.5) is 0 Å². The predicted molar refractivity (Wildman–Crippen MR) is 256 cm³/mol. The molecule has 1 atom stereocenters. The quantitative estimate of drug-likeness (QED) is 0.0200. The third-order valence-electron chi connectivity index (χ3n) is 9.90. The van der Waals surface area contributed by atoms with Gasteiger partial charge in [0.15, 0.2) is 6.10 Å². The third-order valence-corrected chi connectivity index (χ3v) is 9.90. The Kier molecular flexibility index (Phi) is 45.1. The molecule has 0 aromatic carbocycles. The number of rotatable bonds is 42. The van der Waals surface area contributed by atoms with Gasteiger partial charge in [-0.2, -0.15) is 0 Å². The van der Waals surface area contributed by atoms with Crippen LogP contribution in [0.5, 0.6) is 0 Å². The van der Waals surface area contributed by atoms with Crippen molar-refractivity contribution in [3.05, 3.63) is 97.2 Å². The van der Waals surface area contributed by atoms with Crippen molar-refractivity contribution >= 4 is 17.9 Å². The van der Waals surface area contributed by atoms with E-state index in [1.165, 1.54) is 64.2 Å². The molecule has 60 heavy (non-hydrogen) atoms. The molecule has 340 valence electrons. The summed E-state index contributed by atoms with van der Waals surface area (Å²) >= 11 is 0. The zero-order chi connectivity index (χ0) is 43.7. The molecule has 0 aromatic rings. The summed E-state index contributed by atoms with van der Waals surface area (Å²) < 4.78 is 16.7. The molecule has 0 aliphatic carbocycles. The molecule has 0 aliphatic heterocycles. The van der Waals surface area contributed by atoms with Crippen LogP contribution in [0.3, 0.4) is 0 Å². The van der Waals surface area contributed by atoms with E-state index in [9.17, 15) is 14.4 Å². The molecule has 0 heterocycles. The molecule has 0 spiro atoms. The second-order valence-corrected chi connectivity index (χ2v) is 15.7. The lowest BCUT2D eigenvalue weighted by atomic mass is 10.1. The van der Waals surface area contributed by atoms with Crippen molar-refractivity contribution < 1.29 is 28.6 Å². The Labute approximate surface area is 368 Å². The van der Waals surface area contributed by atoms with E-state index < -0.39 is 6.10 Å². The first kappa shape index (κ1) is 56.3. The SMILES string of the molecule is CC\C=C/C=C\C=C/C=C\CCCCCCCC(=O)OCC(COC(=O)CCCC/C=C\C/C=C\C/C=C\CC)OC(=O)CCCCCCCCC/C=C\CCCCCC. The summed E-state index contributed by atoms with van der Waals surface area (Å²) in [5, 5.41) is 0. The summed E-state index contributed by atoms with van der Waals surface area (Å²) in [5.41, 5.74) is 0. The van der Waals surface area contributed by atoms with Crippen LogP contribution in [-0.2, 0) is 28.6 Å². The Morgan fingerprint density at radius 1 is 0.367 bits per heavy atom. The Bertz CT molecular complexity index is 1230. The van der Waals surface area contributed by atoms with Gasteiger partial charge in [0.2, 0.25) is 0 Å². The second-order valence-electron chi connectivity index (χ2n) is 15.7. The van der Waals surface area contributed by atoms with Crippen LogP contribution >= 0.6 is 0 Å². The zero-order valence-electron chi connectivity index (χ0n) is 38.7. The summed E-state index contributed by atoms with van der Waals surface area (Å²) in [6, 6.07) is 0. The van der Waals surface area contributed by atoms with Crippen LogP contribution in [0.15, 0.2) is 97.2 Å². The van der Waals surface area contributed by atoms with Crippen molar-refractivity contribution in [3.8, 4) is 0 Å². The normalized spacial score (nSPS) is 12.9. The van der Waals surface area contributed by atoms with Gasteiger partial charge in [-0.1, -0.05) is 189 Å². The fourth-order valence-corrected chi connectivity index (χ4v) is 6.28. The minimum Gasteiger partial charge on any atom is -0.462 e. The minimum atomic E-state index is -0.805. The van der Waals surface area contributed by atoms with Gasteiger partial charge in [-0.25, -0.2) is 0 Å². The van der Waals surface area contributed by atoms with E-state index in [1.54, 1.807) is 0 Å². The molecule has 0 amide bonds. The van der Waals surface area contributed by atoms with Crippen LogP contribution in [0.25, 0.3) is 0 Å². The highest BCUT2D eigenvalue weighted by Gasteiger charge is 2.19. The van der Waals surface area contributed by atoms with Gasteiger partial charge in [-0.3, -0.25) is 14.4 Å². The lowest BCUT2D eigenvalue weighted by Crippen LogP contribution is -2.30. The van der Waals surface area contributed by atoms with E-state index in [-0.39, 0.29) is 31.1 Å². The Hall–Kier alpha value is -3.67. The minimum absolute atomic E-state index is 0.105. The third kappa shape index (κ3) is 45.4. The number of unbranched alkanes of at least 4 members (excludes halogenated alkanes) is 18. The highest BCUT2D eigenvalue weighted by molar-refractivity contribution is 5.71. The molecule has 0 saturated heterocycles. The van der Waals surface area contributed by atoms with Gasteiger partial charge in [0.1, 0.15) is 13.2 Å². The molecule has 0 rings (SSSR count). The van der Waals surface area contributed by atoms with Crippen LogP contribution in [0.2, 0.25) is 0 Å². The van der Waals surface area contributed by atoms with E-state index in [4.69, 9.17) is 14.2 Å². The Balaban J connectivity index is 4.49. The smallest absolute Gasteiger partial charge is 0.306 e. The van der Waals surface area contributed by atoms with E-state index in [2.05, 4.69) is 93.7 Å². The number of allylic oxidation sites excluding steroid dienone is 16. The molecule has 0 fully saturated rings. The van der Waals surface area contributed by atoms with Gasteiger partial charge in [-0.15, -0.1) is 0 Å². The van der Waals surface area contributed by atoms with Crippen LogP contribution < -0.4 is 0 Å². The maximum absolute atomic E-state index is 12.8. The molecule has 6 heteroatoms. The van der Waals surface area contributed by atoms with E-state index >= 15 is 0 Å². The highest BCUT2D eigenvalue weighted by atomic mass is 16.6. The maximum atomic E-state index is 12.8. The lowest BCUT2D eigenvalue weighted by Gasteiger charge is -2.18. The standard InChI is InChI=1S/C54H88O6/c1-4-7-10-13-16-19-22-25-27-29-32-35-38-41-44-47-53(56)59-50-51(49-58-52(55)46-43-40-37-34-31-24-21-18-15-12-9-6-3)60-54(57)48-45-42-39-36-33-30-28-26-23-20-17-14-11-8-5-2/h7,9-10,12-13,16,18-23,25,27,31,34,51H,4-6,8,11,14-15,17,24,26,28-30,32-33,35-50H2,1-3H3/b10-7-,12-9-,16-13-,21-18-,22-19-,23-20-,27-25-,34-31-. The zero-order valence-corrected chi connectivity index (χ0v) is 38.7. The number of hydrogen-bond donors (Lipinski definition) is 0. The molecule has 0 bridgehead atoms. The van der Waals surface area contributed by atoms with Gasteiger partial charge < -0.3 is 14.2 Å². The Morgan fingerprint density at radius 2 is 0.733 bits per heavy atom. The van der Waals surface area contributed by atoms with Crippen molar-refractivity contribution in [3.63, 3.8) is 0 Å². The molecular formula is C54H88O6. The highest BCUT2D eigenvalue weighted by Crippen LogP contribution is 2.13.